The van der Waals surface area contributed by atoms with Crippen molar-refractivity contribution in [3.63, 3.8) is 0 Å². The molecule has 11 heteroatoms. The molecule has 4 atom stereocenters. The van der Waals surface area contributed by atoms with Gasteiger partial charge < -0.3 is 25.6 Å². The van der Waals surface area contributed by atoms with Crippen molar-refractivity contribution in [1.82, 2.24) is 24.5 Å². The summed E-state index contributed by atoms with van der Waals surface area (Å²) in [6.45, 7) is 0. The monoisotopic (exact) mass is 441 g/mol. The van der Waals surface area contributed by atoms with Gasteiger partial charge in [0.2, 0.25) is 0 Å². The van der Waals surface area contributed by atoms with Crippen molar-refractivity contribution in [2.45, 2.75) is 50.0 Å². The van der Waals surface area contributed by atoms with Gasteiger partial charge in [-0.3, -0.25) is 9.59 Å². The number of nitrogens with zero attached hydrogens (tertiary/aromatic N) is 4. The molecule has 3 aromatic rings. The summed E-state index contributed by atoms with van der Waals surface area (Å²) in [5.41, 5.74) is 0.528. The average Bonchev–Trinajstić information content (AvgIpc) is 3.14. The van der Waals surface area contributed by atoms with Crippen LogP contribution >= 0.6 is 0 Å². The molecule has 0 radical (unpaired) electrons. The van der Waals surface area contributed by atoms with Gasteiger partial charge in [-0.1, -0.05) is 0 Å². The van der Waals surface area contributed by atoms with Crippen molar-refractivity contribution in [1.29, 1.82) is 0 Å². The summed E-state index contributed by atoms with van der Waals surface area (Å²) in [7, 11) is 1.71. The van der Waals surface area contributed by atoms with Crippen LogP contribution in [0.3, 0.4) is 0 Å². The van der Waals surface area contributed by atoms with Crippen LogP contribution in [0.15, 0.2) is 35.4 Å². The molecule has 32 heavy (non-hydrogen) atoms. The van der Waals surface area contributed by atoms with E-state index in [1.54, 1.807) is 31.4 Å². The number of aliphatic hydroxyl groups excluding tert-OH is 1. The molecule has 10 nitrogen and oxygen atoms in total. The normalized spacial score (nSPS) is 24.5. The number of amides is 1. The molecule has 3 aromatic heterocycles. The zero-order chi connectivity index (χ0) is 22.4. The molecular formula is C21H24FN7O3. The summed E-state index contributed by atoms with van der Waals surface area (Å²) in [6.07, 6.45) is 3.86. The number of aliphatic hydroxyl groups is 1. The summed E-state index contributed by atoms with van der Waals surface area (Å²) in [6, 6.07) is 4.43. The largest absolute Gasteiger partial charge is 0.393 e. The predicted octanol–water partition coefficient (Wildman–Crippen LogP) is 1.60. The van der Waals surface area contributed by atoms with Gasteiger partial charge in [0.15, 0.2) is 5.65 Å². The van der Waals surface area contributed by atoms with Crippen LogP contribution in [0.1, 0.15) is 42.1 Å². The molecule has 2 aliphatic carbocycles. The molecule has 0 saturated heterocycles. The minimum absolute atomic E-state index is 0.0953. The Hall–Kier alpha value is -3.47. The van der Waals surface area contributed by atoms with E-state index in [1.165, 1.54) is 15.3 Å². The minimum atomic E-state index is -0.998. The summed E-state index contributed by atoms with van der Waals surface area (Å²) in [4.78, 5) is 30.1. The van der Waals surface area contributed by atoms with Gasteiger partial charge in [0.1, 0.15) is 29.1 Å². The van der Waals surface area contributed by atoms with Gasteiger partial charge in [0.25, 0.3) is 11.5 Å². The van der Waals surface area contributed by atoms with Crippen LogP contribution in [0.5, 0.6) is 0 Å². The first-order chi connectivity index (χ1) is 15.4. The maximum absolute atomic E-state index is 13.5. The number of pyridine rings is 1. The number of anilines is 3. The number of fused-ring (bicyclic) bond motifs is 1. The molecule has 2 saturated carbocycles. The number of hydrogen-bond donors (Lipinski definition) is 4. The molecule has 0 spiro atoms. The van der Waals surface area contributed by atoms with Crippen LogP contribution in [0.2, 0.25) is 0 Å². The molecule has 4 N–H and O–H groups in total. The van der Waals surface area contributed by atoms with E-state index in [-0.39, 0.29) is 28.8 Å². The maximum atomic E-state index is 13.5. The van der Waals surface area contributed by atoms with Crippen LogP contribution in [0.25, 0.3) is 5.65 Å². The Bertz CT molecular complexity index is 1240. The molecule has 168 valence electrons. The zero-order valence-electron chi connectivity index (χ0n) is 17.5. The Balaban J connectivity index is 1.46. The van der Waals surface area contributed by atoms with Crippen molar-refractivity contribution < 1.29 is 14.3 Å². The SMILES string of the molecule is CNc1cc(Nc2cccn([C@@H]3C[C@H]3F)c2=O)nc2c(C(=O)NC3CCC(O)C3)cnn12. The number of hydrogen-bond acceptors (Lipinski definition) is 7. The van der Waals surface area contributed by atoms with E-state index in [9.17, 15) is 19.1 Å². The third kappa shape index (κ3) is 3.68. The topological polar surface area (TPSA) is 126 Å². The molecule has 2 fully saturated rings. The number of rotatable bonds is 6. The average molecular weight is 441 g/mol. The van der Waals surface area contributed by atoms with E-state index in [0.29, 0.717) is 36.5 Å². The van der Waals surface area contributed by atoms with Gasteiger partial charge in [0.05, 0.1) is 18.3 Å². The van der Waals surface area contributed by atoms with Gasteiger partial charge in [-0.25, -0.2) is 9.37 Å². The first-order valence-corrected chi connectivity index (χ1v) is 10.6. The quantitative estimate of drug-likeness (QED) is 0.458. The van der Waals surface area contributed by atoms with Crippen molar-refractivity contribution in [3.8, 4) is 0 Å². The number of carbonyl (C=O) groups is 1. The van der Waals surface area contributed by atoms with Gasteiger partial charge in [0, 0.05) is 31.8 Å². The van der Waals surface area contributed by atoms with Crippen LogP contribution < -0.4 is 21.5 Å². The van der Waals surface area contributed by atoms with Gasteiger partial charge >= 0.3 is 0 Å². The zero-order valence-corrected chi connectivity index (χ0v) is 17.5. The lowest BCUT2D eigenvalue weighted by molar-refractivity contribution is 0.0935. The highest BCUT2D eigenvalue weighted by Gasteiger charge is 2.39. The van der Waals surface area contributed by atoms with E-state index in [0.717, 1.165) is 6.42 Å². The molecule has 2 unspecified atom stereocenters. The second kappa shape index (κ2) is 7.90. The molecular weight excluding hydrogens is 417 g/mol. The lowest BCUT2D eigenvalue weighted by Gasteiger charge is -2.13. The number of carbonyl (C=O) groups excluding carboxylic acids is 1. The fourth-order valence-electron chi connectivity index (χ4n) is 4.16. The van der Waals surface area contributed by atoms with Gasteiger partial charge in [-0.2, -0.15) is 9.61 Å². The van der Waals surface area contributed by atoms with E-state index < -0.39 is 18.3 Å². The van der Waals surface area contributed by atoms with Crippen LogP contribution in [0.4, 0.5) is 21.7 Å². The first kappa shape index (κ1) is 20.4. The molecule has 0 aliphatic heterocycles. The third-order valence-corrected chi connectivity index (χ3v) is 5.99. The van der Waals surface area contributed by atoms with E-state index >= 15 is 0 Å². The highest BCUT2D eigenvalue weighted by atomic mass is 19.1. The summed E-state index contributed by atoms with van der Waals surface area (Å²) >= 11 is 0. The van der Waals surface area contributed by atoms with E-state index in [2.05, 4.69) is 26.0 Å². The van der Waals surface area contributed by atoms with Crippen LogP contribution in [-0.2, 0) is 0 Å². The first-order valence-electron chi connectivity index (χ1n) is 10.6. The van der Waals surface area contributed by atoms with Crippen molar-refractivity contribution in [3.05, 3.63) is 46.5 Å². The van der Waals surface area contributed by atoms with Crippen molar-refractivity contribution in [2.24, 2.45) is 0 Å². The molecule has 3 heterocycles. The third-order valence-electron chi connectivity index (χ3n) is 5.99. The Morgan fingerprint density at radius 2 is 2.12 bits per heavy atom. The molecule has 5 rings (SSSR count). The smallest absolute Gasteiger partial charge is 0.274 e. The second-order valence-electron chi connectivity index (χ2n) is 8.29. The predicted molar refractivity (Wildman–Crippen MR) is 116 cm³/mol. The lowest BCUT2D eigenvalue weighted by Crippen LogP contribution is -2.33. The Morgan fingerprint density at radius 3 is 2.81 bits per heavy atom. The summed E-state index contributed by atoms with van der Waals surface area (Å²) in [5.74, 6) is 0.584. The van der Waals surface area contributed by atoms with Crippen molar-refractivity contribution >= 4 is 28.9 Å². The summed E-state index contributed by atoms with van der Waals surface area (Å²) < 4.78 is 16.4. The van der Waals surface area contributed by atoms with E-state index in [1.807, 2.05) is 0 Å². The van der Waals surface area contributed by atoms with Gasteiger partial charge in [-0.05, 0) is 31.4 Å². The Morgan fingerprint density at radius 1 is 1.31 bits per heavy atom. The molecule has 2 aliphatic rings. The highest BCUT2D eigenvalue weighted by molar-refractivity contribution is 6.00. The molecule has 1 amide bonds. The highest BCUT2D eigenvalue weighted by Crippen LogP contribution is 2.37. The number of halogens is 1. The lowest BCUT2D eigenvalue weighted by atomic mass is 10.2. The Labute approximate surface area is 182 Å². The summed E-state index contributed by atoms with van der Waals surface area (Å²) in [5, 5.41) is 22.9. The van der Waals surface area contributed by atoms with E-state index in [4.69, 9.17) is 0 Å². The standard InChI is InChI=1S/C21H24FN7O3/c1-23-18-9-17(26-15-3-2-6-28(21(15)32)16-8-14(16)22)27-19-13(10-24-29(18)19)20(31)25-11-4-5-12(30)7-11/h2-3,6,9-12,14,16,23,30H,4-5,7-8H2,1H3,(H,25,31)(H,26,27)/t11?,12?,14-,16-/m1/s1. The number of aromatic nitrogens is 4. The van der Waals surface area contributed by atoms with Crippen molar-refractivity contribution in [2.75, 3.05) is 17.7 Å². The fraction of sp³-hybridized carbons (Fsp3) is 0.429. The molecule has 0 aromatic carbocycles. The minimum Gasteiger partial charge on any atom is -0.393 e. The second-order valence-corrected chi connectivity index (χ2v) is 8.29. The number of alkyl halides is 1. The Kier molecular flexibility index (Phi) is 5.04. The molecule has 0 bridgehead atoms. The number of nitrogens with one attached hydrogen (secondary N) is 3. The van der Waals surface area contributed by atoms with Crippen LogP contribution in [-0.4, -0.2) is 55.5 Å². The maximum Gasteiger partial charge on any atom is 0.274 e. The van der Waals surface area contributed by atoms with Gasteiger partial charge in [-0.15, -0.1) is 0 Å². The fourth-order valence-corrected chi connectivity index (χ4v) is 4.16. The van der Waals surface area contributed by atoms with Crippen LogP contribution in [0, 0.1) is 0 Å².